The summed E-state index contributed by atoms with van der Waals surface area (Å²) in [6, 6.07) is 5.87. The van der Waals surface area contributed by atoms with Crippen molar-refractivity contribution in [2.45, 2.75) is 32.7 Å². The van der Waals surface area contributed by atoms with Gasteiger partial charge in [-0.25, -0.2) is 4.98 Å². The van der Waals surface area contributed by atoms with Crippen molar-refractivity contribution in [3.8, 4) is 17.0 Å². The molecule has 0 atom stereocenters. The predicted molar refractivity (Wildman–Crippen MR) is 101 cm³/mol. The average Bonchev–Trinajstić information content (AvgIpc) is 3.05. The highest BCUT2D eigenvalue weighted by Gasteiger charge is 2.16. The number of benzene rings is 1. The third-order valence-corrected chi connectivity index (χ3v) is 5.52. The van der Waals surface area contributed by atoms with Crippen molar-refractivity contribution in [1.29, 1.82) is 0 Å². The molecular weight excluding hydrogens is 318 g/mol. The van der Waals surface area contributed by atoms with Gasteiger partial charge >= 0.3 is 0 Å². The molecule has 1 N–H and O–H groups in total. The Morgan fingerprint density at radius 3 is 2.75 bits per heavy atom. The molecule has 4 nitrogen and oxygen atoms in total. The summed E-state index contributed by atoms with van der Waals surface area (Å²) in [5, 5.41) is 13.3. The number of piperazine rings is 1. The standard InChI is InChI=1S/C19H27N3OS/c1-3-4-5-16-12-15(6-7-18(16)23)17-14-24-19(20-17)13-22-10-8-21(2)9-11-22/h6-7,12,14,23H,3-5,8-11,13H2,1-2H3. The molecule has 5 heteroatoms. The normalized spacial score (nSPS) is 16.6. The highest BCUT2D eigenvalue weighted by Crippen LogP contribution is 2.28. The van der Waals surface area contributed by atoms with Crippen LogP contribution in [0.15, 0.2) is 23.6 Å². The van der Waals surface area contributed by atoms with Crippen LogP contribution >= 0.6 is 11.3 Å². The summed E-state index contributed by atoms with van der Waals surface area (Å²) in [5.74, 6) is 0.403. The number of phenolic OH excluding ortho intramolecular Hbond substituents is 1. The molecule has 0 radical (unpaired) electrons. The maximum absolute atomic E-state index is 10.0. The molecule has 0 amide bonds. The van der Waals surface area contributed by atoms with Crippen molar-refractivity contribution in [3.05, 3.63) is 34.2 Å². The first kappa shape index (κ1) is 17.4. The highest BCUT2D eigenvalue weighted by atomic mass is 32.1. The van der Waals surface area contributed by atoms with E-state index in [1.54, 1.807) is 17.4 Å². The first-order valence-electron chi connectivity index (χ1n) is 8.83. The molecule has 130 valence electrons. The lowest BCUT2D eigenvalue weighted by Gasteiger charge is -2.31. The minimum Gasteiger partial charge on any atom is -0.508 e. The Labute approximate surface area is 148 Å². The Bertz CT molecular complexity index is 662. The molecule has 0 unspecified atom stereocenters. The molecule has 0 bridgehead atoms. The van der Waals surface area contributed by atoms with E-state index in [-0.39, 0.29) is 0 Å². The van der Waals surface area contributed by atoms with E-state index in [1.807, 2.05) is 6.07 Å². The molecule has 0 saturated carbocycles. The lowest BCUT2D eigenvalue weighted by Crippen LogP contribution is -2.43. The minimum atomic E-state index is 0.403. The number of thiazole rings is 1. The second kappa shape index (κ2) is 8.10. The van der Waals surface area contributed by atoms with Crippen molar-refractivity contribution >= 4 is 11.3 Å². The van der Waals surface area contributed by atoms with Crippen LogP contribution in [-0.2, 0) is 13.0 Å². The number of phenols is 1. The SMILES string of the molecule is CCCCc1cc(-c2csc(CN3CCN(C)CC3)n2)ccc1O. The first-order chi connectivity index (χ1) is 11.7. The summed E-state index contributed by atoms with van der Waals surface area (Å²) in [6.07, 6.45) is 3.16. The lowest BCUT2D eigenvalue weighted by molar-refractivity contribution is 0.148. The van der Waals surface area contributed by atoms with E-state index in [2.05, 4.69) is 35.2 Å². The van der Waals surface area contributed by atoms with E-state index >= 15 is 0 Å². The second-order valence-corrected chi connectivity index (χ2v) is 7.60. The Hall–Kier alpha value is -1.43. The van der Waals surface area contributed by atoms with Crippen molar-refractivity contribution in [3.63, 3.8) is 0 Å². The van der Waals surface area contributed by atoms with Gasteiger partial charge in [-0.05, 0) is 43.7 Å². The summed E-state index contributed by atoms with van der Waals surface area (Å²) in [7, 11) is 2.18. The smallest absolute Gasteiger partial charge is 0.118 e. The van der Waals surface area contributed by atoms with E-state index in [0.717, 1.165) is 68.8 Å². The molecule has 1 aromatic heterocycles. The fraction of sp³-hybridized carbons (Fsp3) is 0.526. The van der Waals surface area contributed by atoms with Gasteiger partial charge in [-0.3, -0.25) is 4.90 Å². The van der Waals surface area contributed by atoms with Gasteiger partial charge in [-0.1, -0.05) is 13.3 Å². The van der Waals surface area contributed by atoms with E-state index in [4.69, 9.17) is 4.98 Å². The van der Waals surface area contributed by atoms with Crippen LogP contribution in [0.25, 0.3) is 11.3 Å². The molecule has 2 heterocycles. The molecule has 1 aliphatic rings. The number of nitrogens with zero attached hydrogens (tertiary/aromatic N) is 3. The summed E-state index contributed by atoms with van der Waals surface area (Å²) >= 11 is 1.74. The fourth-order valence-corrected chi connectivity index (χ4v) is 3.87. The number of aryl methyl sites for hydroxylation is 1. The Kier molecular flexibility index (Phi) is 5.87. The van der Waals surface area contributed by atoms with Gasteiger partial charge in [0.05, 0.1) is 12.2 Å². The summed E-state index contributed by atoms with van der Waals surface area (Å²) < 4.78 is 0. The average molecular weight is 346 g/mol. The molecule has 1 fully saturated rings. The molecule has 24 heavy (non-hydrogen) atoms. The van der Waals surface area contributed by atoms with Crippen molar-refractivity contribution < 1.29 is 5.11 Å². The number of unbranched alkanes of at least 4 members (excludes halogenated alkanes) is 1. The van der Waals surface area contributed by atoms with Gasteiger partial charge in [-0.15, -0.1) is 11.3 Å². The largest absolute Gasteiger partial charge is 0.508 e. The lowest BCUT2D eigenvalue weighted by atomic mass is 10.0. The van der Waals surface area contributed by atoms with Crippen LogP contribution in [-0.4, -0.2) is 53.1 Å². The van der Waals surface area contributed by atoms with Gasteiger partial charge in [0.1, 0.15) is 10.8 Å². The van der Waals surface area contributed by atoms with E-state index < -0.39 is 0 Å². The monoisotopic (exact) mass is 345 g/mol. The molecular formula is C19H27N3OS. The zero-order chi connectivity index (χ0) is 16.9. The first-order valence-corrected chi connectivity index (χ1v) is 9.71. The fourth-order valence-electron chi connectivity index (χ4n) is 3.03. The number of aromatic nitrogens is 1. The van der Waals surface area contributed by atoms with Gasteiger partial charge in [-0.2, -0.15) is 0 Å². The third kappa shape index (κ3) is 4.35. The van der Waals surface area contributed by atoms with Crippen molar-refractivity contribution in [1.82, 2.24) is 14.8 Å². The number of hydrogen-bond donors (Lipinski definition) is 1. The van der Waals surface area contributed by atoms with Crippen LogP contribution in [0.5, 0.6) is 5.75 Å². The minimum absolute atomic E-state index is 0.403. The van der Waals surface area contributed by atoms with Crippen LogP contribution in [0.2, 0.25) is 0 Å². The van der Waals surface area contributed by atoms with Gasteiger partial charge in [0.2, 0.25) is 0 Å². The summed E-state index contributed by atoms with van der Waals surface area (Å²) in [6.45, 7) is 7.62. The number of aromatic hydroxyl groups is 1. The van der Waals surface area contributed by atoms with Crippen LogP contribution in [0.1, 0.15) is 30.3 Å². The summed E-state index contributed by atoms with van der Waals surface area (Å²) in [4.78, 5) is 9.68. The predicted octanol–water partition coefficient (Wildman–Crippen LogP) is 3.61. The number of likely N-dealkylation sites (N-methyl/N-ethyl adjacent to an activating group) is 1. The molecule has 3 rings (SSSR count). The van der Waals surface area contributed by atoms with Crippen molar-refractivity contribution in [2.24, 2.45) is 0 Å². The topological polar surface area (TPSA) is 39.6 Å². The molecule has 1 aliphatic heterocycles. The number of rotatable bonds is 6. The van der Waals surface area contributed by atoms with E-state index in [9.17, 15) is 5.11 Å². The molecule has 1 aromatic carbocycles. The van der Waals surface area contributed by atoms with Crippen LogP contribution < -0.4 is 0 Å². The van der Waals surface area contributed by atoms with Crippen LogP contribution in [0, 0.1) is 0 Å². The van der Waals surface area contributed by atoms with E-state index in [1.165, 1.54) is 5.01 Å². The van der Waals surface area contributed by atoms with Crippen molar-refractivity contribution in [2.75, 3.05) is 33.2 Å². The zero-order valence-electron chi connectivity index (χ0n) is 14.7. The highest BCUT2D eigenvalue weighted by molar-refractivity contribution is 7.09. The van der Waals surface area contributed by atoms with Crippen LogP contribution in [0.4, 0.5) is 0 Å². The van der Waals surface area contributed by atoms with Crippen LogP contribution in [0.3, 0.4) is 0 Å². The second-order valence-electron chi connectivity index (χ2n) is 6.65. The summed E-state index contributed by atoms with van der Waals surface area (Å²) in [5.41, 5.74) is 3.17. The Morgan fingerprint density at radius 1 is 1.21 bits per heavy atom. The zero-order valence-corrected chi connectivity index (χ0v) is 15.5. The van der Waals surface area contributed by atoms with E-state index in [0.29, 0.717) is 5.75 Å². The third-order valence-electron chi connectivity index (χ3n) is 4.68. The molecule has 0 spiro atoms. The Morgan fingerprint density at radius 2 is 2.00 bits per heavy atom. The van der Waals surface area contributed by atoms with Gasteiger partial charge in [0.25, 0.3) is 0 Å². The Balaban J connectivity index is 1.68. The maximum atomic E-state index is 10.0. The molecule has 2 aromatic rings. The molecule has 0 aliphatic carbocycles. The van der Waals surface area contributed by atoms with Gasteiger partial charge < -0.3 is 10.0 Å². The van der Waals surface area contributed by atoms with Gasteiger partial charge in [0.15, 0.2) is 0 Å². The van der Waals surface area contributed by atoms with Gasteiger partial charge in [0, 0.05) is 37.1 Å². The maximum Gasteiger partial charge on any atom is 0.118 e. The number of hydrogen-bond acceptors (Lipinski definition) is 5. The quantitative estimate of drug-likeness (QED) is 0.868. The molecule has 1 saturated heterocycles.